The van der Waals surface area contributed by atoms with Crippen LogP contribution in [0.5, 0.6) is 28.7 Å². The summed E-state index contributed by atoms with van der Waals surface area (Å²) in [6, 6.07) is 17.5. The van der Waals surface area contributed by atoms with E-state index in [0.717, 1.165) is 11.1 Å². The summed E-state index contributed by atoms with van der Waals surface area (Å²) in [5.74, 6) is 0.948. The molecule has 1 aliphatic heterocycles. The van der Waals surface area contributed by atoms with Gasteiger partial charge in [-0.1, -0.05) is 36.4 Å². The van der Waals surface area contributed by atoms with Crippen molar-refractivity contribution in [2.24, 2.45) is 5.73 Å². The monoisotopic (exact) mass is 532 g/mol. The Morgan fingerprint density at radius 1 is 1.13 bits per heavy atom. The van der Waals surface area contributed by atoms with Gasteiger partial charge in [-0.2, -0.15) is 5.26 Å². The van der Waals surface area contributed by atoms with Gasteiger partial charge in [0.15, 0.2) is 18.1 Å². The molecule has 4 rings (SSSR count). The van der Waals surface area contributed by atoms with Crippen LogP contribution < -0.4 is 29.4 Å². The molecule has 38 heavy (non-hydrogen) atoms. The van der Waals surface area contributed by atoms with E-state index in [9.17, 15) is 10.1 Å². The van der Waals surface area contributed by atoms with Gasteiger partial charge in [-0.3, -0.25) is 0 Å². The molecule has 0 spiro atoms. The zero-order valence-corrected chi connectivity index (χ0v) is 21.6. The third-order valence-electron chi connectivity index (χ3n) is 5.79. The van der Waals surface area contributed by atoms with Crippen molar-refractivity contribution in [1.82, 2.24) is 0 Å². The number of fused-ring (bicyclic) bond motifs is 1. The second-order valence-corrected chi connectivity index (χ2v) is 8.72. The molecule has 9 heteroatoms. The van der Waals surface area contributed by atoms with E-state index in [4.69, 9.17) is 41.0 Å². The van der Waals surface area contributed by atoms with Crippen LogP contribution in [0.25, 0.3) is 0 Å². The fourth-order valence-electron chi connectivity index (χ4n) is 3.98. The fraction of sp³-hybridized carbons (Fsp3) is 0.172. The number of carbonyl (C=O) groups excluding carboxylic acids is 1. The summed E-state index contributed by atoms with van der Waals surface area (Å²) in [5, 5.41) is 10.5. The second-order valence-electron chi connectivity index (χ2n) is 8.31. The molecule has 2 N–H and O–H groups in total. The molecule has 0 amide bonds. The first-order valence-corrected chi connectivity index (χ1v) is 11.9. The molecule has 1 unspecified atom stereocenters. The molecule has 0 aromatic heterocycles. The number of benzene rings is 3. The first kappa shape index (κ1) is 26.5. The lowest BCUT2D eigenvalue weighted by Gasteiger charge is -2.27. The van der Waals surface area contributed by atoms with Crippen LogP contribution in [-0.2, 0) is 4.79 Å². The van der Waals surface area contributed by atoms with Crippen LogP contribution in [0.1, 0.15) is 22.6 Å². The van der Waals surface area contributed by atoms with Gasteiger partial charge in [0.25, 0.3) is 0 Å². The minimum atomic E-state index is -0.606. The highest BCUT2D eigenvalue weighted by atomic mass is 35.5. The number of nitrogens with two attached hydrogens (primary N) is 1. The number of hydrogen-bond acceptors (Lipinski definition) is 8. The Morgan fingerprint density at radius 3 is 2.63 bits per heavy atom. The number of hydrogen-bond donors (Lipinski definition) is 1. The highest BCUT2D eigenvalue weighted by Gasteiger charge is 2.31. The Kier molecular flexibility index (Phi) is 8.09. The maximum absolute atomic E-state index is 12.4. The zero-order valence-electron chi connectivity index (χ0n) is 20.8. The van der Waals surface area contributed by atoms with Crippen LogP contribution in [-0.4, -0.2) is 26.3 Å². The number of halogens is 1. The third-order valence-corrected chi connectivity index (χ3v) is 6.21. The van der Waals surface area contributed by atoms with Crippen molar-refractivity contribution in [3.63, 3.8) is 0 Å². The Balaban J connectivity index is 1.56. The van der Waals surface area contributed by atoms with Gasteiger partial charge in [0.05, 0.1) is 13.0 Å². The molecule has 1 atom stereocenters. The Morgan fingerprint density at radius 2 is 1.92 bits per heavy atom. The number of ether oxygens (including phenoxy) is 5. The van der Waals surface area contributed by atoms with Crippen LogP contribution in [0.2, 0.25) is 5.02 Å². The molecule has 0 saturated carbocycles. The normalized spacial score (nSPS) is 14.0. The number of carbonyl (C=O) groups is 1. The van der Waals surface area contributed by atoms with Crippen LogP contribution in [0.4, 0.5) is 0 Å². The predicted molar refractivity (Wildman–Crippen MR) is 142 cm³/mol. The summed E-state index contributed by atoms with van der Waals surface area (Å²) < 4.78 is 27.8. The van der Waals surface area contributed by atoms with Crippen molar-refractivity contribution >= 4 is 17.6 Å². The lowest BCUT2D eigenvalue weighted by atomic mass is 9.83. The van der Waals surface area contributed by atoms with Gasteiger partial charge < -0.3 is 29.4 Å². The van der Waals surface area contributed by atoms with Crippen molar-refractivity contribution in [1.29, 1.82) is 5.26 Å². The largest absolute Gasteiger partial charge is 0.493 e. The van der Waals surface area contributed by atoms with E-state index in [2.05, 4.69) is 12.6 Å². The molecule has 0 aliphatic carbocycles. The van der Waals surface area contributed by atoms with Crippen molar-refractivity contribution in [2.75, 3.05) is 20.3 Å². The minimum absolute atomic E-state index is 0.0409. The molecular weight excluding hydrogens is 508 g/mol. The topological polar surface area (TPSA) is 113 Å². The van der Waals surface area contributed by atoms with Crippen molar-refractivity contribution in [3.05, 3.63) is 100 Å². The summed E-state index contributed by atoms with van der Waals surface area (Å²) in [4.78, 5) is 12.4. The van der Waals surface area contributed by atoms with Gasteiger partial charge in [-0.25, -0.2) is 4.79 Å². The number of methoxy groups -OCH3 is 1. The molecule has 1 heterocycles. The van der Waals surface area contributed by atoms with Gasteiger partial charge in [0.2, 0.25) is 5.88 Å². The van der Waals surface area contributed by atoms with E-state index in [1.807, 2.05) is 13.0 Å². The maximum atomic E-state index is 12.4. The van der Waals surface area contributed by atoms with Gasteiger partial charge in [-0.15, -0.1) is 0 Å². The molecule has 3 aromatic rings. The van der Waals surface area contributed by atoms with Crippen LogP contribution in [0.3, 0.4) is 0 Å². The molecule has 1 aliphatic rings. The summed E-state index contributed by atoms with van der Waals surface area (Å²) in [7, 11) is 1.53. The van der Waals surface area contributed by atoms with Crippen molar-refractivity contribution in [3.8, 4) is 34.8 Å². The van der Waals surface area contributed by atoms with Gasteiger partial charge in [0, 0.05) is 16.7 Å². The van der Waals surface area contributed by atoms with Gasteiger partial charge in [0.1, 0.15) is 35.5 Å². The number of allylic oxidation sites excluding steroid dienone is 1. The first-order valence-electron chi connectivity index (χ1n) is 11.6. The van der Waals surface area contributed by atoms with Crippen LogP contribution in [0.15, 0.2) is 78.7 Å². The SMILES string of the molecule is C=CCOc1ccc(C2C(C#N)=C(N)Oc3cc(OC(=O)COc4ccc(Cl)c(C)c4)ccc32)cc1OC. The Labute approximate surface area is 225 Å². The van der Waals surface area contributed by atoms with Crippen molar-refractivity contribution < 1.29 is 28.5 Å². The summed E-state index contributed by atoms with van der Waals surface area (Å²) >= 11 is 6.02. The lowest BCUT2D eigenvalue weighted by molar-refractivity contribution is -0.136. The molecule has 8 nitrogen and oxygen atoms in total. The smallest absolute Gasteiger partial charge is 0.349 e. The average molecular weight is 533 g/mol. The first-order chi connectivity index (χ1) is 18.3. The van der Waals surface area contributed by atoms with E-state index < -0.39 is 11.9 Å². The molecule has 0 saturated heterocycles. The quantitative estimate of drug-likeness (QED) is 0.221. The highest BCUT2D eigenvalue weighted by molar-refractivity contribution is 6.31. The number of nitriles is 1. The Hall–Kier alpha value is -4.61. The third kappa shape index (κ3) is 5.69. The number of esters is 1. The second kappa shape index (κ2) is 11.6. The zero-order chi connectivity index (χ0) is 27.2. The van der Waals surface area contributed by atoms with E-state index in [-0.39, 0.29) is 23.8 Å². The summed E-state index contributed by atoms with van der Waals surface area (Å²) in [5.41, 5.74) is 8.61. The number of rotatable bonds is 9. The number of aryl methyl sites for hydroxylation is 1. The number of nitrogens with zero attached hydrogens (tertiary/aromatic N) is 1. The van der Waals surface area contributed by atoms with E-state index in [1.165, 1.54) is 7.11 Å². The lowest BCUT2D eigenvalue weighted by Crippen LogP contribution is -2.22. The highest BCUT2D eigenvalue weighted by Crippen LogP contribution is 2.45. The van der Waals surface area contributed by atoms with E-state index in [1.54, 1.807) is 54.6 Å². The molecule has 0 fully saturated rings. The van der Waals surface area contributed by atoms with Crippen molar-refractivity contribution in [2.45, 2.75) is 12.8 Å². The minimum Gasteiger partial charge on any atom is -0.493 e. The summed E-state index contributed by atoms with van der Waals surface area (Å²) in [6.45, 7) is 5.51. The molecule has 3 aromatic carbocycles. The van der Waals surface area contributed by atoms with Gasteiger partial charge >= 0.3 is 5.97 Å². The Bertz CT molecular complexity index is 1460. The van der Waals surface area contributed by atoms with E-state index in [0.29, 0.717) is 40.2 Å². The van der Waals surface area contributed by atoms with Crippen LogP contribution >= 0.6 is 11.6 Å². The van der Waals surface area contributed by atoms with E-state index >= 15 is 0 Å². The maximum Gasteiger partial charge on any atom is 0.349 e. The molecule has 194 valence electrons. The molecule has 0 radical (unpaired) electrons. The molecule has 0 bridgehead atoms. The van der Waals surface area contributed by atoms with Gasteiger partial charge in [-0.05, 0) is 54.4 Å². The molecular formula is C29H25ClN2O6. The average Bonchev–Trinajstić information content (AvgIpc) is 2.91. The summed E-state index contributed by atoms with van der Waals surface area (Å²) in [6.07, 6.45) is 1.63. The fourth-order valence-corrected chi connectivity index (χ4v) is 4.10. The standard InChI is InChI=1S/C29H25ClN2O6/c1-4-11-35-24-10-5-18(13-26(24)34-3)28-21-8-6-20(14-25(21)38-29(32)22(28)15-31)37-27(33)16-36-19-7-9-23(30)17(2)12-19/h4-10,12-14,28H,1,11,16,32H2,2-3H3. The predicted octanol–water partition coefficient (Wildman–Crippen LogP) is 5.42. The van der Waals surface area contributed by atoms with Crippen LogP contribution in [0, 0.1) is 18.3 Å².